The molecule has 0 aliphatic rings. The Bertz CT molecular complexity index is 1190. The van der Waals surface area contributed by atoms with Gasteiger partial charge in [0.1, 0.15) is 11.3 Å². The number of aromatic nitrogens is 1. The van der Waals surface area contributed by atoms with Crippen LogP contribution in [0.4, 0.5) is 5.69 Å². The van der Waals surface area contributed by atoms with Crippen molar-refractivity contribution in [1.82, 2.24) is 9.47 Å². The van der Waals surface area contributed by atoms with Gasteiger partial charge < -0.3 is 14.2 Å². The Labute approximate surface area is 226 Å². The third-order valence-corrected chi connectivity index (χ3v) is 7.10. The highest BCUT2D eigenvalue weighted by Crippen LogP contribution is 2.34. The van der Waals surface area contributed by atoms with E-state index in [1.54, 1.807) is 30.3 Å². The van der Waals surface area contributed by atoms with Gasteiger partial charge >= 0.3 is 0 Å². The van der Waals surface area contributed by atoms with Gasteiger partial charge in [0, 0.05) is 42.3 Å². The van der Waals surface area contributed by atoms with Crippen LogP contribution >= 0.6 is 0 Å². The second-order valence-corrected chi connectivity index (χ2v) is 10.1. The number of nitro groups is 1. The Kier molecular flexibility index (Phi) is 11.3. The van der Waals surface area contributed by atoms with Gasteiger partial charge in [-0.1, -0.05) is 40.0 Å². The lowest BCUT2D eigenvalue weighted by atomic mass is 9.94. The van der Waals surface area contributed by atoms with Crippen LogP contribution in [-0.4, -0.2) is 46.4 Å². The Morgan fingerprint density at radius 3 is 2.16 bits per heavy atom. The molecular weight excluding hydrogens is 478 g/mol. The van der Waals surface area contributed by atoms with E-state index in [4.69, 9.17) is 4.74 Å². The number of hydrogen-bond donors (Lipinski definition) is 0. The van der Waals surface area contributed by atoms with E-state index in [-0.39, 0.29) is 17.0 Å². The van der Waals surface area contributed by atoms with Crippen LogP contribution in [0.15, 0.2) is 42.6 Å². The maximum atomic E-state index is 13.7. The third kappa shape index (κ3) is 7.44. The molecule has 0 radical (unpaired) electrons. The molecule has 7 heteroatoms. The number of ether oxygens (including phenoxy) is 1. The van der Waals surface area contributed by atoms with E-state index in [9.17, 15) is 14.9 Å². The summed E-state index contributed by atoms with van der Waals surface area (Å²) in [6, 6.07) is 10.2. The molecule has 0 aliphatic carbocycles. The van der Waals surface area contributed by atoms with Crippen LogP contribution in [-0.2, 0) is 13.5 Å². The molecule has 0 unspecified atom stereocenters. The molecule has 3 aromatic rings. The maximum Gasteiger partial charge on any atom is 0.281 e. The van der Waals surface area contributed by atoms with Crippen molar-refractivity contribution >= 4 is 22.4 Å². The molecule has 3 rings (SSSR count). The Morgan fingerprint density at radius 1 is 0.921 bits per heavy atom. The highest BCUT2D eigenvalue weighted by molar-refractivity contribution is 6.19. The molecule has 2 aromatic carbocycles. The summed E-state index contributed by atoms with van der Waals surface area (Å²) < 4.78 is 7.90. The quantitative estimate of drug-likeness (QED) is 0.0804. The van der Waals surface area contributed by atoms with Gasteiger partial charge in [0.05, 0.1) is 11.5 Å². The molecule has 7 nitrogen and oxygen atoms in total. The maximum absolute atomic E-state index is 13.7. The molecular formula is C31H43N3O4. The number of rotatable bonds is 17. The summed E-state index contributed by atoms with van der Waals surface area (Å²) in [5.74, 6) is 0.367. The highest BCUT2D eigenvalue weighted by atomic mass is 16.6. The average Bonchev–Trinajstić information content (AvgIpc) is 3.25. The first-order valence-corrected chi connectivity index (χ1v) is 14.2. The van der Waals surface area contributed by atoms with Gasteiger partial charge in [-0.2, -0.15) is 0 Å². The first-order chi connectivity index (χ1) is 18.4. The summed E-state index contributed by atoms with van der Waals surface area (Å²) in [4.78, 5) is 27.7. The predicted octanol–water partition coefficient (Wildman–Crippen LogP) is 7.33. The van der Waals surface area contributed by atoms with Gasteiger partial charge in [-0.15, -0.1) is 0 Å². The molecule has 0 saturated carbocycles. The number of carbonyl (C=O) groups excluding carboxylic acids is 1. The second-order valence-electron chi connectivity index (χ2n) is 10.1. The number of ketones is 1. The number of nitro benzene ring substituents is 1. The second kappa shape index (κ2) is 14.7. The van der Waals surface area contributed by atoms with E-state index in [2.05, 4.69) is 25.7 Å². The zero-order valence-corrected chi connectivity index (χ0v) is 23.5. The zero-order chi connectivity index (χ0) is 27.5. The van der Waals surface area contributed by atoms with Gasteiger partial charge in [0.2, 0.25) is 5.78 Å². The van der Waals surface area contributed by atoms with E-state index in [1.165, 1.54) is 31.7 Å². The monoisotopic (exact) mass is 521 g/mol. The molecule has 0 saturated heterocycles. The molecule has 0 N–H and O–H groups in total. The summed E-state index contributed by atoms with van der Waals surface area (Å²) in [6.45, 7) is 10.4. The lowest BCUT2D eigenvalue weighted by Gasteiger charge is -2.21. The highest BCUT2D eigenvalue weighted by Gasteiger charge is 2.27. The topological polar surface area (TPSA) is 77.6 Å². The van der Waals surface area contributed by atoms with Crippen molar-refractivity contribution in [1.29, 1.82) is 0 Å². The van der Waals surface area contributed by atoms with Crippen LogP contribution in [0.5, 0.6) is 5.75 Å². The minimum Gasteiger partial charge on any atom is -0.494 e. The van der Waals surface area contributed by atoms with Crippen LogP contribution in [0.25, 0.3) is 10.9 Å². The van der Waals surface area contributed by atoms with E-state index in [0.29, 0.717) is 23.3 Å². The largest absolute Gasteiger partial charge is 0.494 e. The third-order valence-electron chi connectivity index (χ3n) is 7.10. The van der Waals surface area contributed by atoms with E-state index >= 15 is 0 Å². The molecule has 0 amide bonds. The summed E-state index contributed by atoms with van der Waals surface area (Å²) >= 11 is 0. The van der Waals surface area contributed by atoms with E-state index < -0.39 is 4.92 Å². The molecule has 0 aliphatic heterocycles. The summed E-state index contributed by atoms with van der Waals surface area (Å²) in [5.41, 5.74) is 2.25. The Hall–Kier alpha value is -3.19. The number of benzene rings is 2. The number of fused-ring (bicyclic) bond motifs is 1. The van der Waals surface area contributed by atoms with Crippen molar-refractivity contribution in [2.45, 2.75) is 72.1 Å². The standard InChI is InChI=1S/C31H43N3O4/c1-5-8-12-25-23-32(4)27-17-18-28(34(36)37)30(29(25)27)31(35)24-13-15-26(16-14-24)38-22-11-21-33(19-9-6-2)20-10-7-3/h13-18,23H,5-12,19-22H2,1-4H3. The summed E-state index contributed by atoms with van der Waals surface area (Å²) in [5, 5.41) is 12.6. The van der Waals surface area contributed by atoms with Crippen molar-refractivity contribution in [3.05, 3.63) is 69.4 Å². The Morgan fingerprint density at radius 2 is 1.55 bits per heavy atom. The molecule has 0 bridgehead atoms. The first kappa shape index (κ1) is 29.4. The van der Waals surface area contributed by atoms with Crippen LogP contribution in [0.2, 0.25) is 0 Å². The number of aryl methyl sites for hydroxylation is 2. The fourth-order valence-electron chi connectivity index (χ4n) is 4.93. The minimum absolute atomic E-state index is 0.150. The smallest absolute Gasteiger partial charge is 0.281 e. The van der Waals surface area contributed by atoms with Crippen molar-refractivity contribution in [2.75, 3.05) is 26.2 Å². The van der Waals surface area contributed by atoms with Crippen molar-refractivity contribution in [3.8, 4) is 5.75 Å². The van der Waals surface area contributed by atoms with Crippen LogP contribution in [0.3, 0.4) is 0 Å². The normalized spacial score (nSPS) is 11.4. The lowest BCUT2D eigenvalue weighted by molar-refractivity contribution is -0.385. The van der Waals surface area contributed by atoms with Gasteiger partial charge in [0.25, 0.3) is 5.69 Å². The fourth-order valence-corrected chi connectivity index (χ4v) is 4.93. The predicted molar refractivity (Wildman–Crippen MR) is 154 cm³/mol. The molecule has 1 heterocycles. The fraction of sp³-hybridized carbons (Fsp3) is 0.516. The van der Waals surface area contributed by atoms with Gasteiger partial charge in [-0.25, -0.2) is 0 Å². The van der Waals surface area contributed by atoms with Crippen LogP contribution in [0, 0.1) is 10.1 Å². The average molecular weight is 522 g/mol. The van der Waals surface area contributed by atoms with Crippen molar-refractivity contribution in [2.24, 2.45) is 7.05 Å². The van der Waals surface area contributed by atoms with Gasteiger partial charge in [-0.05, 0) is 81.1 Å². The van der Waals surface area contributed by atoms with Gasteiger partial charge in [0.15, 0.2) is 0 Å². The van der Waals surface area contributed by atoms with Crippen molar-refractivity contribution < 1.29 is 14.5 Å². The summed E-state index contributed by atoms with van der Waals surface area (Å²) in [6.07, 6.45) is 10.5. The molecule has 206 valence electrons. The molecule has 0 spiro atoms. The minimum atomic E-state index is -0.453. The zero-order valence-electron chi connectivity index (χ0n) is 23.5. The van der Waals surface area contributed by atoms with Gasteiger partial charge in [-0.3, -0.25) is 14.9 Å². The number of nitrogens with zero attached hydrogens (tertiary/aromatic N) is 3. The SMILES string of the molecule is CCCCc1cn(C)c2ccc([N+](=O)[O-])c(C(=O)c3ccc(OCCCN(CCCC)CCCC)cc3)c12. The van der Waals surface area contributed by atoms with Crippen LogP contribution < -0.4 is 4.74 Å². The first-order valence-electron chi connectivity index (χ1n) is 14.2. The summed E-state index contributed by atoms with van der Waals surface area (Å²) in [7, 11) is 1.91. The Balaban J connectivity index is 1.74. The van der Waals surface area contributed by atoms with Crippen LogP contribution in [0.1, 0.15) is 87.2 Å². The molecule has 1 aromatic heterocycles. The lowest BCUT2D eigenvalue weighted by Crippen LogP contribution is -2.28. The number of unbranched alkanes of at least 4 members (excludes halogenated alkanes) is 3. The molecule has 0 fully saturated rings. The molecule has 0 atom stereocenters. The number of hydrogen-bond acceptors (Lipinski definition) is 5. The van der Waals surface area contributed by atoms with E-state index in [1.807, 2.05) is 17.8 Å². The number of carbonyl (C=O) groups is 1. The van der Waals surface area contributed by atoms with Crippen molar-refractivity contribution in [3.63, 3.8) is 0 Å². The molecule has 38 heavy (non-hydrogen) atoms. The van der Waals surface area contributed by atoms with E-state index in [0.717, 1.165) is 56.4 Å².